The Labute approximate surface area is 90.3 Å². The number of rotatable bonds is 1. The second-order valence-electron chi connectivity index (χ2n) is 2.87. The summed E-state index contributed by atoms with van der Waals surface area (Å²) in [6, 6.07) is 4.08. The maximum Gasteiger partial charge on any atom is 0.138 e. The van der Waals surface area contributed by atoms with Gasteiger partial charge in [0.15, 0.2) is 0 Å². The first-order valence-corrected chi connectivity index (χ1v) is 5.12. The van der Waals surface area contributed by atoms with Crippen LogP contribution in [-0.4, -0.2) is 16.4 Å². The number of hydrogen-bond acceptors (Lipinski definition) is 2. The zero-order chi connectivity index (χ0) is 9.42. The minimum atomic E-state index is 0.988. The molecule has 2 heterocycles. The predicted octanol–water partition coefficient (Wildman–Crippen LogP) is 2.29. The number of pyridine rings is 1. The molecule has 0 saturated carbocycles. The van der Waals surface area contributed by atoms with Crippen molar-refractivity contribution < 1.29 is 0 Å². The highest BCUT2D eigenvalue weighted by Crippen LogP contribution is 2.18. The Bertz CT molecular complexity index is 447. The summed E-state index contributed by atoms with van der Waals surface area (Å²) in [4.78, 5) is 4.42. The van der Waals surface area contributed by atoms with Crippen LogP contribution in [0, 0.1) is 10.5 Å². The van der Waals surface area contributed by atoms with Crippen molar-refractivity contribution >= 4 is 34.1 Å². The number of nitrogens with zero attached hydrogens (tertiary/aromatic N) is 2. The Morgan fingerprint density at radius 1 is 1.46 bits per heavy atom. The van der Waals surface area contributed by atoms with Crippen LogP contribution < -0.4 is 5.32 Å². The molecule has 0 saturated heterocycles. The first kappa shape index (κ1) is 8.80. The third kappa shape index (κ3) is 1.39. The Balaban J connectivity index is 2.80. The van der Waals surface area contributed by atoms with Gasteiger partial charge in [0.25, 0.3) is 0 Å². The fourth-order valence-electron chi connectivity index (χ4n) is 1.44. The van der Waals surface area contributed by atoms with Crippen molar-refractivity contribution in [3.63, 3.8) is 0 Å². The number of aromatic nitrogens is 2. The number of nitrogens with one attached hydrogen (secondary N) is 1. The van der Waals surface area contributed by atoms with E-state index in [2.05, 4.69) is 49.6 Å². The number of aryl methyl sites for hydroxylation is 1. The van der Waals surface area contributed by atoms with E-state index in [1.54, 1.807) is 0 Å². The Morgan fingerprint density at radius 2 is 2.23 bits per heavy atom. The number of imidazole rings is 1. The van der Waals surface area contributed by atoms with Gasteiger partial charge in [-0.3, -0.25) is 4.40 Å². The molecule has 0 aliphatic carbocycles. The molecule has 2 rings (SSSR count). The highest BCUT2D eigenvalue weighted by Gasteiger charge is 2.05. The molecule has 13 heavy (non-hydrogen) atoms. The molecule has 2 aromatic rings. The van der Waals surface area contributed by atoms with E-state index in [1.165, 1.54) is 3.57 Å². The Morgan fingerprint density at radius 3 is 2.92 bits per heavy atom. The molecule has 2 aromatic heterocycles. The van der Waals surface area contributed by atoms with Crippen molar-refractivity contribution in [2.75, 3.05) is 12.4 Å². The molecule has 0 aromatic carbocycles. The van der Waals surface area contributed by atoms with E-state index in [0.717, 1.165) is 17.2 Å². The van der Waals surface area contributed by atoms with Crippen LogP contribution >= 0.6 is 22.6 Å². The van der Waals surface area contributed by atoms with Crippen LogP contribution in [0.1, 0.15) is 5.69 Å². The van der Waals surface area contributed by atoms with Crippen molar-refractivity contribution in [1.29, 1.82) is 0 Å². The Hall–Kier alpha value is -0.780. The van der Waals surface area contributed by atoms with E-state index in [9.17, 15) is 0 Å². The SMILES string of the molecule is CNc1c(C)nc2ccc(I)cn12. The summed E-state index contributed by atoms with van der Waals surface area (Å²) >= 11 is 2.29. The maximum atomic E-state index is 4.42. The third-order valence-electron chi connectivity index (χ3n) is 1.99. The fraction of sp³-hybridized carbons (Fsp3) is 0.222. The predicted molar refractivity (Wildman–Crippen MR) is 62.2 cm³/mol. The van der Waals surface area contributed by atoms with Gasteiger partial charge in [-0.1, -0.05) is 0 Å². The van der Waals surface area contributed by atoms with E-state index < -0.39 is 0 Å². The first-order chi connectivity index (χ1) is 6.22. The number of anilines is 1. The molecular weight excluding hydrogens is 277 g/mol. The van der Waals surface area contributed by atoms with Crippen LogP contribution in [0.5, 0.6) is 0 Å². The molecule has 0 fully saturated rings. The second-order valence-corrected chi connectivity index (χ2v) is 4.12. The largest absolute Gasteiger partial charge is 0.373 e. The molecule has 0 unspecified atom stereocenters. The van der Waals surface area contributed by atoms with E-state index in [0.29, 0.717) is 0 Å². The van der Waals surface area contributed by atoms with Crippen molar-refractivity contribution in [3.05, 3.63) is 27.6 Å². The molecule has 68 valence electrons. The van der Waals surface area contributed by atoms with Crippen LogP contribution in [0.15, 0.2) is 18.3 Å². The third-order valence-corrected chi connectivity index (χ3v) is 2.63. The summed E-state index contributed by atoms with van der Waals surface area (Å²) in [5.41, 5.74) is 2.02. The lowest BCUT2D eigenvalue weighted by molar-refractivity contribution is 1.16. The van der Waals surface area contributed by atoms with Gasteiger partial charge >= 0.3 is 0 Å². The van der Waals surface area contributed by atoms with Crippen LogP contribution in [0.2, 0.25) is 0 Å². The van der Waals surface area contributed by atoms with Crippen LogP contribution in [0.3, 0.4) is 0 Å². The topological polar surface area (TPSA) is 29.3 Å². The zero-order valence-electron chi connectivity index (χ0n) is 7.50. The molecular formula is C9H10IN3. The molecule has 3 nitrogen and oxygen atoms in total. The summed E-state index contributed by atoms with van der Waals surface area (Å²) in [5.74, 6) is 1.06. The summed E-state index contributed by atoms with van der Waals surface area (Å²) in [6.07, 6.45) is 2.07. The van der Waals surface area contributed by atoms with Crippen molar-refractivity contribution in [2.45, 2.75) is 6.92 Å². The summed E-state index contributed by atoms with van der Waals surface area (Å²) in [6.45, 7) is 2.01. The van der Waals surface area contributed by atoms with Gasteiger partial charge in [-0.25, -0.2) is 4.98 Å². The van der Waals surface area contributed by atoms with Gasteiger partial charge in [-0.15, -0.1) is 0 Å². The number of hydrogen-bond donors (Lipinski definition) is 1. The summed E-state index contributed by atoms with van der Waals surface area (Å²) in [7, 11) is 1.91. The minimum Gasteiger partial charge on any atom is -0.373 e. The molecule has 1 N–H and O–H groups in total. The van der Waals surface area contributed by atoms with E-state index in [-0.39, 0.29) is 0 Å². The quantitative estimate of drug-likeness (QED) is 0.815. The lowest BCUT2D eigenvalue weighted by Gasteiger charge is -2.01. The number of halogens is 1. The fourth-order valence-corrected chi connectivity index (χ4v) is 1.90. The molecule has 4 heteroatoms. The van der Waals surface area contributed by atoms with Gasteiger partial charge in [0, 0.05) is 16.8 Å². The molecule has 0 radical (unpaired) electrons. The second kappa shape index (κ2) is 3.17. The van der Waals surface area contributed by atoms with Crippen molar-refractivity contribution in [3.8, 4) is 0 Å². The highest BCUT2D eigenvalue weighted by atomic mass is 127. The van der Waals surface area contributed by atoms with Crippen LogP contribution in [-0.2, 0) is 0 Å². The van der Waals surface area contributed by atoms with Crippen molar-refractivity contribution in [2.24, 2.45) is 0 Å². The molecule has 0 spiro atoms. The normalized spacial score (nSPS) is 10.7. The summed E-state index contributed by atoms with van der Waals surface area (Å²) < 4.78 is 3.27. The van der Waals surface area contributed by atoms with Crippen LogP contribution in [0.4, 0.5) is 5.82 Å². The van der Waals surface area contributed by atoms with Gasteiger partial charge in [-0.2, -0.15) is 0 Å². The summed E-state index contributed by atoms with van der Waals surface area (Å²) in [5, 5.41) is 3.14. The lowest BCUT2D eigenvalue weighted by atomic mass is 10.5. The average molecular weight is 287 g/mol. The average Bonchev–Trinajstić information content (AvgIpc) is 2.40. The molecule has 0 aliphatic heterocycles. The van der Waals surface area contributed by atoms with Gasteiger partial charge < -0.3 is 5.32 Å². The molecule has 0 amide bonds. The van der Waals surface area contributed by atoms with E-state index >= 15 is 0 Å². The molecule has 0 aliphatic rings. The van der Waals surface area contributed by atoms with Gasteiger partial charge in [0.05, 0.1) is 5.69 Å². The Kier molecular flexibility index (Phi) is 2.15. The zero-order valence-corrected chi connectivity index (χ0v) is 9.66. The highest BCUT2D eigenvalue weighted by molar-refractivity contribution is 14.1. The van der Waals surface area contributed by atoms with Gasteiger partial charge in [-0.05, 0) is 41.6 Å². The monoisotopic (exact) mass is 287 g/mol. The molecule has 0 atom stereocenters. The minimum absolute atomic E-state index is 0.988. The van der Waals surface area contributed by atoms with E-state index in [4.69, 9.17) is 0 Å². The van der Waals surface area contributed by atoms with Crippen molar-refractivity contribution in [1.82, 2.24) is 9.38 Å². The number of fused-ring (bicyclic) bond motifs is 1. The molecule has 0 bridgehead atoms. The van der Waals surface area contributed by atoms with E-state index in [1.807, 2.05) is 20.0 Å². The standard InChI is InChI=1S/C9H10IN3/c1-6-9(11-2)13-5-7(10)3-4-8(13)12-6/h3-5,11H,1-2H3. The smallest absolute Gasteiger partial charge is 0.138 e. The van der Waals surface area contributed by atoms with Crippen LogP contribution in [0.25, 0.3) is 5.65 Å². The van der Waals surface area contributed by atoms with Gasteiger partial charge in [0.2, 0.25) is 0 Å². The maximum absolute atomic E-state index is 4.42. The lowest BCUT2D eigenvalue weighted by Crippen LogP contribution is -1.95. The van der Waals surface area contributed by atoms with Gasteiger partial charge in [0.1, 0.15) is 11.5 Å². The first-order valence-electron chi connectivity index (χ1n) is 4.04.